The normalized spacial score (nSPS) is 10.8. The molecule has 1 N–H and O–H groups in total. The van der Waals surface area contributed by atoms with Crippen LogP contribution in [0.15, 0.2) is 66.9 Å². The largest absolute Gasteiger partial charge is 0.495 e. The second kappa shape index (κ2) is 6.75. The lowest BCUT2D eigenvalue weighted by molar-refractivity contribution is -0.111. The van der Waals surface area contributed by atoms with Crippen molar-refractivity contribution in [1.82, 2.24) is 4.98 Å². The van der Waals surface area contributed by atoms with E-state index in [2.05, 4.69) is 10.3 Å². The van der Waals surface area contributed by atoms with Gasteiger partial charge in [0.2, 0.25) is 5.91 Å². The lowest BCUT2D eigenvalue weighted by Crippen LogP contribution is -2.08. The number of methoxy groups -OCH3 is 1. The summed E-state index contributed by atoms with van der Waals surface area (Å²) in [6, 6.07) is 17.1. The molecule has 23 heavy (non-hydrogen) atoms. The molecule has 0 spiro atoms. The number of benzene rings is 2. The van der Waals surface area contributed by atoms with Crippen molar-refractivity contribution in [2.24, 2.45) is 0 Å². The molecule has 0 aliphatic rings. The van der Waals surface area contributed by atoms with E-state index >= 15 is 0 Å². The Balaban J connectivity index is 1.80. The maximum Gasteiger partial charge on any atom is 0.248 e. The highest BCUT2D eigenvalue weighted by Crippen LogP contribution is 2.23. The Morgan fingerprint density at radius 1 is 1.09 bits per heavy atom. The van der Waals surface area contributed by atoms with Crippen molar-refractivity contribution in [3.63, 3.8) is 0 Å². The van der Waals surface area contributed by atoms with Crippen LogP contribution in [-0.4, -0.2) is 18.0 Å². The van der Waals surface area contributed by atoms with Crippen LogP contribution in [0.3, 0.4) is 0 Å². The molecule has 2 aromatic carbocycles. The number of carbonyl (C=O) groups excluding carboxylic acids is 1. The molecule has 0 aliphatic carbocycles. The average Bonchev–Trinajstić information content (AvgIpc) is 2.60. The second-order valence-corrected chi connectivity index (χ2v) is 4.95. The van der Waals surface area contributed by atoms with Gasteiger partial charge in [0.25, 0.3) is 0 Å². The molecule has 0 saturated heterocycles. The van der Waals surface area contributed by atoms with Gasteiger partial charge in [0.05, 0.1) is 18.3 Å². The molecule has 1 aromatic heterocycles. The van der Waals surface area contributed by atoms with Crippen LogP contribution in [0.2, 0.25) is 0 Å². The number of nitrogens with one attached hydrogen (secondary N) is 1. The van der Waals surface area contributed by atoms with Gasteiger partial charge in [0.15, 0.2) is 0 Å². The Hall–Kier alpha value is -3.14. The number of hydrogen-bond donors (Lipinski definition) is 1. The Kier molecular flexibility index (Phi) is 4.34. The molecule has 3 rings (SSSR count). The van der Waals surface area contributed by atoms with Crippen LogP contribution in [-0.2, 0) is 4.79 Å². The second-order valence-electron chi connectivity index (χ2n) is 4.95. The predicted octanol–water partition coefficient (Wildman–Crippen LogP) is 3.90. The third kappa shape index (κ3) is 3.37. The lowest BCUT2D eigenvalue weighted by Gasteiger charge is -2.07. The quantitative estimate of drug-likeness (QED) is 0.744. The number of anilines is 1. The fourth-order valence-corrected chi connectivity index (χ4v) is 2.35. The molecule has 0 unspecified atom stereocenters. The molecule has 1 heterocycles. The number of amides is 1. The topological polar surface area (TPSA) is 51.2 Å². The molecule has 0 atom stereocenters. The molecule has 1 amide bonds. The molecule has 0 saturated carbocycles. The van der Waals surface area contributed by atoms with Crippen molar-refractivity contribution < 1.29 is 9.53 Å². The van der Waals surface area contributed by atoms with Gasteiger partial charge in [-0.25, -0.2) is 0 Å². The predicted molar refractivity (Wildman–Crippen MR) is 92.4 cm³/mol. The van der Waals surface area contributed by atoms with Crippen LogP contribution < -0.4 is 10.1 Å². The van der Waals surface area contributed by atoms with Crippen LogP contribution in [0, 0.1) is 0 Å². The smallest absolute Gasteiger partial charge is 0.248 e. The van der Waals surface area contributed by atoms with E-state index in [0.29, 0.717) is 11.4 Å². The summed E-state index contributed by atoms with van der Waals surface area (Å²) in [6.45, 7) is 0. The number of pyridine rings is 1. The van der Waals surface area contributed by atoms with Crippen LogP contribution >= 0.6 is 0 Å². The minimum atomic E-state index is -0.220. The average molecular weight is 304 g/mol. The first-order valence-electron chi connectivity index (χ1n) is 7.24. The molecule has 0 aliphatic heterocycles. The van der Waals surface area contributed by atoms with Crippen LogP contribution in [0.25, 0.3) is 17.0 Å². The zero-order valence-electron chi connectivity index (χ0n) is 12.7. The summed E-state index contributed by atoms with van der Waals surface area (Å²) in [5, 5.41) is 3.85. The summed E-state index contributed by atoms with van der Waals surface area (Å²) >= 11 is 0. The summed E-state index contributed by atoms with van der Waals surface area (Å²) in [7, 11) is 1.57. The van der Waals surface area contributed by atoms with Gasteiger partial charge in [0.1, 0.15) is 5.75 Å². The van der Waals surface area contributed by atoms with E-state index in [0.717, 1.165) is 16.5 Å². The molecule has 0 fully saturated rings. The number of nitrogens with zero attached hydrogens (tertiary/aromatic N) is 1. The molecule has 4 heteroatoms. The Morgan fingerprint density at radius 3 is 2.78 bits per heavy atom. The number of fused-ring (bicyclic) bond motifs is 1. The SMILES string of the molecule is COc1ccccc1NC(=O)/C=C/c1cccc2cccnc12. The van der Waals surface area contributed by atoms with Crippen molar-refractivity contribution in [3.8, 4) is 5.75 Å². The van der Waals surface area contributed by atoms with E-state index in [-0.39, 0.29) is 5.91 Å². The maximum atomic E-state index is 12.1. The van der Waals surface area contributed by atoms with Crippen molar-refractivity contribution in [1.29, 1.82) is 0 Å². The highest BCUT2D eigenvalue weighted by Gasteiger charge is 2.04. The fourth-order valence-electron chi connectivity index (χ4n) is 2.35. The van der Waals surface area contributed by atoms with Gasteiger partial charge >= 0.3 is 0 Å². The van der Waals surface area contributed by atoms with E-state index in [1.54, 1.807) is 31.5 Å². The van der Waals surface area contributed by atoms with Gasteiger partial charge in [-0.1, -0.05) is 36.4 Å². The van der Waals surface area contributed by atoms with Crippen molar-refractivity contribution in [3.05, 3.63) is 72.4 Å². The minimum absolute atomic E-state index is 0.220. The van der Waals surface area contributed by atoms with Gasteiger partial charge in [-0.05, 0) is 24.3 Å². The third-order valence-corrected chi connectivity index (χ3v) is 3.44. The molecule has 114 valence electrons. The number of hydrogen-bond acceptors (Lipinski definition) is 3. The summed E-state index contributed by atoms with van der Waals surface area (Å²) in [4.78, 5) is 16.5. The van der Waals surface area contributed by atoms with E-state index in [4.69, 9.17) is 4.74 Å². The summed E-state index contributed by atoms with van der Waals surface area (Å²) < 4.78 is 5.22. The van der Waals surface area contributed by atoms with E-state index in [9.17, 15) is 4.79 Å². The fraction of sp³-hybridized carbons (Fsp3) is 0.0526. The monoisotopic (exact) mass is 304 g/mol. The van der Waals surface area contributed by atoms with Crippen molar-refractivity contribution >= 4 is 28.6 Å². The van der Waals surface area contributed by atoms with Crippen LogP contribution in [0.4, 0.5) is 5.69 Å². The molecule has 0 bridgehead atoms. The first-order chi connectivity index (χ1) is 11.3. The lowest BCUT2D eigenvalue weighted by atomic mass is 10.1. The van der Waals surface area contributed by atoms with E-state index in [1.165, 1.54) is 6.08 Å². The van der Waals surface area contributed by atoms with Crippen LogP contribution in [0.5, 0.6) is 5.75 Å². The zero-order chi connectivity index (χ0) is 16.1. The van der Waals surface area contributed by atoms with E-state index < -0.39 is 0 Å². The Morgan fingerprint density at radius 2 is 1.91 bits per heavy atom. The van der Waals surface area contributed by atoms with Gasteiger partial charge in [0, 0.05) is 23.2 Å². The minimum Gasteiger partial charge on any atom is -0.495 e. The number of carbonyl (C=O) groups is 1. The van der Waals surface area contributed by atoms with Gasteiger partial charge in [-0.15, -0.1) is 0 Å². The van der Waals surface area contributed by atoms with Crippen molar-refractivity contribution in [2.45, 2.75) is 0 Å². The molecule has 4 nitrogen and oxygen atoms in total. The summed E-state index contributed by atoms with van der Waals surface area (Å²) in [5.41, 5.74) is 2.41. The number of para-hydroxylation sites is 3. The van der Waals surface area contributed by atoms with E-state index in [1.807, 2.05) is 42.5 Å². The highest BCUT2D eigenvalue weighted by atomic mass is 16.5. The molecular formula is C19H16N2O2. The summed E-state index contributed by atoms with van der Waals surface area (Å²) in [5.74, 6) is 0.406. The standard InChI is InChI=1S/C19H16N2O2/c1-23-17-10-3-2-9-16(17)21-18(22)12-11-15-7-4-6-14-8-5-13-20-19(14)15/h2-13H,1H3,(H,21,22)/b12-11+. The van der Waals surface area contributed by atoms with Crippen molar-refractivity contribution in [2.75, 3.05) is 12.4 Å². The molecule has 0 radical (unpaired) electrons. The Labute approximate surface area is 134 Å². The van der Waals surface area contributed by atoms with Gasteiger partial charge in [-0.2, -0.15) is 0 Å². The number of rotatable bonds is 4. The number of aromatic nitrogens is 1. The molecular weight excluding hydrogens is 288 g/mol. The third-order valence-electron chi connectivity index (χ3n) is 3.44. The highest BCUT2D eigenvalue weighted by molar-refractivity contribution is 6.03. The zero-order valence-corrected chi connectivity index (χ0v) is 12.7. The maximum absolute atomic E-state index is 12.1. The Bertz CT molecular complexity index is 867. The van der Waals surface area contributed by atoms with Crippen LogP contribution in [0.1, 0.15) is 5.56 Å². The first-order valence-corrected chi connectivity index (χ1v) is 7.24. The first kappa shape index (κ1) is 14.8. The number of ether oxygens (including phenoxy) is 1. The summed E-state index contributed by atoms with van der Waals surface area (Å²) in [6.07, 6.45) is 5.00. The molecule has 3 aromatic rings. The van der Waals surface area contributed by atoms with Gasteiger partial charge < -0.3 is 10.1 Å². The van der Waals surface area contributed by atoms with Gasteiger partial charge in [-0.3, -0.25) is 9.78 Å².